The molecule has 1 heterocycles. The normalized spacial score (nSPS) is 12.4. The van der Waals surface area contributed by atoms with Gasteiger partial charge in [-0.25, -0.2) is 0 Å². The van der Waals surface area contributed by atoms with Crippen LogP contribution in [0.4, 0.5) is 0 Å². The predicted octanol–water partition coefficient (Wildman–Crippen LogP) is 3.62. The van der Waals surface area contributed by atoms with Gasteiger partial charge in [0.2, 0.25) is 0 Å². The van der Waals surface area contributed by atoms with Crippen LogP contribution in [0.1, 0.15) is 26.9 Å². The van der Waals surface area contributed by atoms with Crippen LogP contribution in [0, 0.1) is 13.8 Å². The molecule has 0 radical (unpaired) electrons. The first-order valence-corrected chi connectivity index (χ1v) is 6.87. The highest BCUT2D eigenvalue weighted by molar-refractivity contribution is 7.12. The molecule has 0 spiro atoms. The maximum absolute atomic E-state index is 6.30. The molecule has 1 aromatic heterocycles. The molecule has 0 aliphatic rings. The fourth-order valence-corrected chi connectivity index (χ4v) is 3.21. The average molecular weight is 261 g/mol. The van der Waals surface area contributed by atoms with E-state index in [2.05, 4.69) is 32.0 Å². The summed E-state index contributed by atoms with van der Waals surface area (Å²) in [7, 11) is 1.69. The third kappa shape index (κ3) is 2.92. The molecule has 2 aromatic rings. The lowest BCUT2D eigenvalue weighted by Gasteiger charge is -2.12. The van der Waals surface area contributed by atoms with Crippen LogP contribution < -0.4 is 10.5 Å². The number of nitrogens with two attached hydrogens (primary N) is 1. The quantitative estimate of drug-likeness (QED) is 0.912. The van der Waals surface area contributed by atoms with Crippen LogP contribution in [-0.2, 0) is 6.42 Å². The minimum Gasteiger partial charge on any atom is -0.497 e. The Balaban J connectivity index is 2.15. The van der Waals surface area contributed by atoms with E-state index in [9.17, 15) is 0 Å². The molecule has 0 amide bonds. The van der Waals surface area contributed by atoms with Crippen molar-refractivity contribution in [1.29, 1.82) is 0 Å². The van der Waals surface area contributed by atoms with E-state index < -0.39 is 0 Å². The molecule has 1 unspecified atom stereocenters. The molecule has 2 N–H and O–H groups in total. The van der Waals surface area contributed by atoms with Gasteiger partial charge < -0.3 is 10.5 Å². The molecule has 0 fully saturated rings. The van der Waals surface area contributed by atoms with E-state index in [1.165, 1.54) is 20.9 Å². The predicted molar refractivity (Wildman–Crippen MR) is 77.4 cm³/mol. The summed E-state index contributed by atoms with van der Waals surface area (Å²) in [5.41, 5.74) is 8.82. The zero-order valence-corrected chi connectivity index (χ0v) is 11.9. The van der Waals surface area contributed by atoms with Gasteiger partial charge in [-0.3, -0.25) is 0 Å². The zero-order chi connectivity index (χ0) is 13.1. The van der Waals surface area contributed by atoms with Gasteiger partial charge in [-0.1, -0.05) is 12.1 Å². The van der Waals surface area contributed by atoms with Gasteiger partial charge in [0.1, 0.15) is 5.75 Å². The number of thiophene rings is 1. The lowest BCUT2D eigenvalue weighted by Crippen LogP contribution is -2.12. The Morgan fingerprint density at radius 1 is 1.28 bits per heavy atom. The largest absolute Gasteiger partial charge is 0.497 e. The number of benzene rings is 1. The Bertz CT molecular complexity index is 533. The van der Waals surface area contributed by atoms with Crippen molar-refractivity contribution in [2.45, 2.75) is 26.3 Å². The Morgan fingerprint density at radius 2 is 2.06 bits per heavy atom. The van der Waals surface area contributed by atoms with Gasteiger partial charge in [0, 0.05) is 15.8 Å². The smallest absolute Gasteiger partial charge is 0.119 e. The number of hydrogen-bond acceptors (Lipinski definition) is 3. The molecule has 0 aliphatic heterocycles. The van der Waals surface area contributed by atoms with Gasteiger partial charge in [-0.15, -0.1) is 11.3 Å². The first kappa shape index (κ1) is 13.1. The summed E-state index contributed by atoms with van der Waals surface area (Å²) >= 11 is 1.80. The Morgan fingerprint density at radius 3 is 2.67 bits per heavy atom. The fourth-order valence-electron chi connectivity index (χ4n) is 2.17. The first-order chi connectivity index (χ1) is 8.60. The highest BCUT2D eigenvalue weighted by Gasteiger charge is 2.13. The number of hydrogen-bond donors (Lipinski definition) is 1. The monoisotopic (exact) mass is 261 g/mol. The van der Waals surface area contributed by atoms with Gasteiger partial charge in [-0.05, 0) is 49.6 Å². The van der Waals surface area contributed by atoms with E-state index in [1.807, 2.05) is 12.1 Å². The molecule has 0 saturated carbocycles. The summed E-state index contributed by atoms with van der Waals surface area (Å²) < 4.78 is 5.23. The van der Waals surface area contributed by atoms with Crippen molar-refractivity contribution >= 4 is 11.3 Å². The van der Waals surface area contributed by atoms with Crippen molar-refractivity contribution in [3.8, 4) is 5.75 Å². The molecular weight excluding hydrogens is 242 g/mol. The van der Waals surface area contributed by atoms with Crippen LogP contribution in [0.3, 0.4) is 0 Å². The average Bonchev–Trinajstić information content (AvgIpc) is 2.69. The summed E-state index contributed by atoms with van der Waals surface area (Å²) in [6, 6.07) is 10.4. The number of aryl methyl sites for hydroxylation is 2. The van der Waals surface area contributed by atoms with Crippen LogP contribution in [0.15, 0.2) is 30.3 Å². The van der Waals surface area contributed by atoms with Crippen molar-refractivity contribution in [3.63, 3.8) is 0 Å². The van der Waals surface area contributed by atoms with Gasteiger partial charge in [-0.2, -0.15) is 0 Å². The van der Waals surface area contributed by atoms with E-state index in [1.54, 1.807) is 18.4 Å². The zero-order valence-electron chi connectivity index (χ0n) is 11.1. The van der Waals surface area contributed by atoms with Crippen molar-refractivity contribution in [3.05, 3.63) is 51.2 Å². The van der Waals surface area contributed by atoms with Crippen molar-refractivity contribution in [2.75, 3.05) is 7.11 Å². The van der Waals surface area contributed by atoms with E-state index >= 15 is 0 Å². The third-order valence-corrected chi connectivity index (χ3v) is 4.29. The fraction of sp³-hybridized carbons (Fsp3) is 0.333. The highest BCUT2D eigenvalue weighted by atomic mass is 32.1. The Labute approximate surface area is 112 Å². The number of methoxy groups -OCH3 is 1. The van der Waals surface area contributed by atoms with Gasteiger partial charge in [0.15, 0.2) is 0 Å². The maximum Gasteiger partial charge on any atom is 0.119 e. The molecule has 96 valence electrons. The molecule has 3 heteroatoms. The molecule has 1 atom stereocenters. The van der Waals surface area contributed by atoms with E-state index in [-0.39, 0.29) is 6.04 Å². The third-order valence-electron chi connectivity index (χ3n) is 3.01. The van der Waals surface area contributed by atoms with Gasteiger partial charge >= 0.3 is 0 Å². The van der Waals surface area contributed by atoms with E-state index in [0.717, 1.165) is 12.2 Å². The summed E-state index contributed by atoms with van der Waals surface area (Å²) in [6.45, 7) is 4.25. The second-order valence-electron chi connectivity index (χ2n) is 4.57. The van der Waals surface area contributed by atoms with E-state index in [0.29, 0.717) is 0 Å². The van der Waals surface area contributed by atoms with Crippen LogP contribution >= 0.6 is 11.3 Å². The van der Waals surface area contributed by atoms with Crippen LogP contribution in [0.25, 0.3) is 0 Å². The van der Waals surface area contributed by atoms with Gasteiger partial charge in [0.25, 0.3) is 0 Å². The SMILES string of the molecule is COc1cccc(CC(N)c2sc(C)cc2C)c1. The topological polar surface area (TPSA) is 35.2 Å². The summed E-state index contributed by atoms with van der Waals surface area (Å²) in [5.74, 6) is 0.888. The Kier molecular flexibility index (Phi) is 4.04. The summed E-state index contributed by atoms with van der Waals surface area (Å²) in [6.07, 6.45) is 0.845. The molecule has 0 bridgehead atoms. The van der Waals surface area contributed by atoms with Gasteiger partial charge in [0.05, 0.1) is 7.11 Å². The van der Waals surface area contributed by atoms with Crippen molar-refractivity contribution in [2.24, 2.45) is 5.73 Å². The first-order valence-electron chi connectivity index (χ1n) is 6.05. The molecule has 0 aliphatic carbocycles. The Hall–Kier alpha value is -1.32. The number of ether oxygens (including phenoxy) is 1. The second-order valence-corrected chi connectivity index (χ2v) is 5.85. The lowest BCUT2D eigenvalue weighted by atomic mass is 10.0. The lowest BCUT2D eigenvalue weighted by molar-refractivity contribution is 0.414. The van der Waals surface area contributed by atoms with Crippen molar-refractivity contribution < 1.29 is 4.74 Å². The molecule has 2 nitrogen and oxygen atoms in total. The highest BCUT2D eigenvalue weighted by Crippen LogP contribution is 2.28. The molecule has 18 heavy (non-hydrogen) atoms. The second kappa shape index (κ2) is 5.55. The molecular formula is C15H19NOS. The minimum atomic E-state index is 0.0656. The summed E-state index contributed by atoms with van der Waals surface area (Å²) in [5, 5.41) is 0. The van der Waals surface area contributed by atoms with Crippen LogP contribution in [0.2, 0.25) is 0 Å². The summed E-state index contributed by atoms with van der Waals surface area (Å²) in [4.78, 5) is 2.61. The standard InChI is InChI=1S/C15H19NOS/c1-10-7-11(2)18-15(10)14(16)9-12-5-4-6-13(8-12)17-3/h4-8,14H,9,16H2,1-3H3. The molecule has 0 saturated heterocycles. The maximum atomic E-state index is 6.30. The molecule has 1 aromatic carbocycles. The van der Waals surface area contributed by atoms with Crippen LogP contribution in [-0.4, -0.2) is 7.11 Å². The molecule has 2 rings (SSSR count). The van der Waals surface area contributed by atoms with Crippen molar-refractivity contribution in [1.82, 2.24) is 0 Å². The number of rotatable bonds is 4. The minimum absolute atomic E-state index is 0.0656. The van der Waals surface area contributed by atoms with Crippen LogP contribution in [0.5, 0.6) is 5.75 Å². The van der Waals surface area contributed by atoms with E-state index in [4.69, 9.17) is 10.5 Å².